The second kappa shape index (κ2) is 10.9. The Bertz CT molecular complexity index is 1010. The van der Waals surface area contributed by atoms with Gasteiger partial charge in [0.25, 0.3) is 5.56 Å². The summed E-state index contributed by atoms with van der Waals surface area (Å²) >= 11 is 3.37. The van der Waals surface area contributed by atoms with Gasteiger partial charge < -0.3 is 10.1 Å². The second-order valence-corrected chi connectivity index (χ2v) is 7.62. The molecule has 0 unspecified atom stereocenters. The molecule has 0 saturated heterocycles. The van der Waals surface area contributed by atoms with Crippen LogP contribution in [0.5, 0.6) is 0 Å². The van der Waals surface area contributed by atoms with E-state index in [9.17, 15) is 9.59 Å². The molecule has 0 aliphatic rings. The molecule has 0 radical (unpaired) electrons. The number of aryl methyl sites for hydroxylation is 1. The smallest absolute Gasteiger partial charge is 0.261 e. The van der Waals surface area contributed by atoms with E-state index in [1.165, 1.54) is 16.5 Å². The fourth-order valence-electron chi connectivity index (χ4n) is 2.94. The van der Waals surface area contributed by atoms with E-state index >= 15 is 0 Å². The summed E-state index contributed by atoms with van der Waals surface area (Å²) in [6, 6.07) is 15.6. The molecular formula is C22H24BrN3O3. The molecule has 1 heterocycles. The molecule has 1 N–H and O–H groups in total. The van der Waals surface area contributed by atoms with E-state index in [-0.39, 0.29) is 17.9 Å². The average molecular weight is 458 g/mol. The Morgan fingerprint density at radius 2 is 1.97 bits per heavy atom. The molecular weight excluding hydrogens is 434 g/mol. The van der Waals surface area contributed by atoms with E-state index in [2.05, 4.69) is 38.4 Å². The van der Waals surface area contributed by atoms with Gasteiger partial charge in [0, 0.05) is 30.6 Å². The molecule has 29 heavy (non-hydrogen) atoms. The van der Waals surface area contributed by atoms with E-state index in [1.807, 2.05) is 24.3 Å². The first-order valence-electron chi connectivity index (χ1n) is 9.66. The fraction of sp³-hybridized carbons (Fsp3) is 0.318. The monoisotopic (exact) mass is 457 g/mol. The third kappa shape index (κ3) is 6.51. The number of nitrogens with zero attached hydrogens (tertiary/aromatic N) is 2. The van der Waals surface area contributed by atoms with Gasteiger partial charge in [0.05, 0.1) is 23.8 Å². The van der Waals surface area contributed by atoms with Crippen molar-refractivity contribution in [3.05, 3.63) is 75.2 Å². The molecule has 0 aliphatic heterocycles. The number of aromatic nitrogens is 2. The van der Waals surface area contributed by atoms with Crippen molar-refractivity contribution in [2.45, 2.75) is 25.8 Å². The van der Waals surface area contributed by atoms with Crippen LogP contribution in [-0.2, 0) is 22.5 Å². The van der Waals surface area contributed by atoms with E-state index in [0.717, 1.165) is 17.3 Å². The predicted molar refractivity (Wildman–Crippen MR) is 117 cm³/mol. The molecule has 0 saturated carbocycles. The number of rotatable bonds is 10. The lowest BCUT2D eigenvalue weighted by atomic mass is 10.2. The molecule has 6 nitrogen and oxygen atoms in total. The van der Waals surface area contributed by atoms with Crippen molar-refractivity contribution in [1.82, 2.24) is 14.9 Å². The van der Waals surface area contributed by atoms with Crippen molar-refractivity contribution in [2.24, 2.45) is 0 Å². The van der Waals surface area contributed by atoms with Crippen molar-refractivity contribution < 1.29 is 9.53 Å². The Balaban J connectivity index is 1.33. The van der Waals surface area contributed by atoms with Crippen LogP contribution in [0, 0.1) is 0 Å². The summed E-state index contributed by atoms with van der Waals surface area (Å²) in [5, 5.41) is 3.40. The molecule has 1 aromatic heterocycles. The van der Waals surface area contributed by atoms with Crippen molar-refractivity contribution in [1.29, 1.82) is 0 Å². The van der Waals surface area contributed by atoms with Crippen molar-refractivity contribution >= 4 is 32.7 Å². The molecule has 1 amide bonds. The molecule has 0 spiro atoms. The summed E-state index contributed by atoms with van der Waals surface area (Å²) in [5.74, 6) is -0.0875. The maximum atomic E-state index is 12.5. The molecule has 0 fully saturated rings. The first kappa shape index (κ1) is 21.2. The number of hydrogen-bond acceptors (Lipinski definition) is 4. The van der Waals surface area contributed by atoms with Crippen LogP contribution in [0.1, 0.15) is 18.4 Å². The second-order valence-electron chi connectivity index (χ2n) is 6.71. The van der Waals surface area contributed by atoms with E-state index in [4.69, 9.17) is 4.74 Å². The summed E-state index contributed by atoms with van der Waals surface area (Å²) in [5.41, 5.74) is 1.76. The number of halogens is 1. The van der Waals surface area contributed by atoms with Crippen molar-refractivity contribution in [2.75, 3.05) is 19.8 Å². The number of hydrogen-bond donors (Lipinski definition) is 1. The molecule has 0 bridgehead atoms. The summed E-state index contributed by atoms with van der Waals surface area (Å²) in [4.78, 5) is 28.8. The van der Waals surface area contributed by atoms with Crippen LogP contribution < -0.4 is 10.9 Å². The minimum atomic E-state index is -0.143. The van der Waals surface area contributed by atoms with Crippen molar-refractivity contribution in [3.63, 3.8) is 0 Å². The average Bonchev–Trinajstić information content (AvgIpc) is 2.74. The van der Waals surface area contributed by atoms with E-state index < -0.39 is 0 Å². The van der Waals surface area contributed by atoms with Gasteiger partial charge >= 0.3 is 0 Å². The number of ether oxygens (including phenoxy) is 1. The molecule has 0 atom stereocenters. The van der Waals surface area contributed by atoms with Gasteiger partial charge in [0.1, 0.15) is 0 Å². The highest BCUT2D eigenvalue weighted by molar-refractivity contribution is 9.10. The summed E-state index contributed by atoms with van der Waals surface area (Å²) in [6.07, 6.45) is 3.37. The quantitative estimate of drug-likeness (QED) is 0.474. The summed E-state index contributed by atoms with van der Waals surface area (Å²) < 4.78 is 7.90. The van der Waals surface area contributed by atoms with E-state index in [0.29, 0.717) is 37.2 Å². The third-order valence-corrected chi connectivity index (χ3v) is 5.02. The van der Waals surface area contributed by atoms with Crippen LogP contribution in [0.3, 0.4) is 0 Å². The molecule has 0 aliphatic carbocycles. The Hall–Kier alpha value is -2.51. The molecule has 152 valence electrons. The Kier molecular flexibility index (Phi) is 7.95. The van der Waals surface area contributed by atoms with Gasteiger partial charge in [0.2, 0.25) is 5.91 Å². The number of amides is 1. The minimum Gasteiger partial charge on any atom is -0.381 e. The van der Waals surface area contributed by atoms with E-state index in [1.54, 1.807) is 12.1 Å². The van der Waals surface area contributed by atoms with Crippen LogP contribution in [-0.4, -0.2) is 35.2 Å². The first-order valence-corrected chi connectivity index (χ1v) is 10.5. The summed E-state index contributed by atoms with van der Waals surface area (Å²) in [6.45, 7) is 2.14. The number of nitrogens with one attached hydrogen (secondary N) is 1. The largest absolute Gasteiger partial charge is 0.381 e. The Morgan fingerprint density at radius 3 is 2.79 bits per heavy atom. The van der Waals surface area contributed by atoms with Gasteiger partial charge in [-0.25, -0.2) is 4.98 Å². The number of carbonyl (C=O) groups excluding carboxylic acids is 1. The highest BCUT2D eigenvalue weighted by atomic mass is 79.9. The number of benzene rings is 2. The number of fused-ring (bicyclic) bond motifs is 1. The minimum absolute atomic E-state index is 0.0875. The van der Waals surface area contributed by atoms with Crippen LogP contribution in [0.2, 0.25) is 0 Å². The van der Waals surface area contributed by atoms with Gasteiger partial charge in [-0.15, -0.1) is 0 Å². The zero-order valence-electron chi connectivity index (χ0n) is 16.1. The van der Waals surface area contributed by atoms with Gasteiger partial charge in [-0.3, -0.25) is 14.2 Å². The maximum Gasteiger partial charge on any atom is 0.261 e. The molecule has 3 aromatic rings. The van der Waals surface area contributed by atoms with Crippen LogP contribution in [0.25, 0.3) is 10.9 Å². The molecule has 2 aromatic carbocycles. The fourth-order valence-corrected chi connectivity index (χ4v) is 3.30. The highest BCUT2D eigenvalue weighted by Crippen LogP contribution is 2.14. The zero-order valence-corrected chi connectivity index (χ0v) is 17.7. The highest BCUT2D eigenvalue weighted by Gasteiger charge is 2.07. The van der Waals surface area contributed by atoms with Gasteiger partial charge in [-0.2, -0.15) is 0 Å². The lowest BCUT2D eigenvalue weighted by Gasteiger charge is -2.08. The SMILES string of the molecule is O=C(CCn1cnc2ccc(Br)cc2c1=O)NCCCOCCc1ccccc1. The zero-order chi connectivity index (χ0) is 20.5. The normalized spacial score (nSPS) is 10.9. The van der Waals surface area contributed by atoms with Crippen LogP contribution in [0.15, 0.2) is 64.1 Å². The first-order chi connectivity index (χ1) is 14.1. The number of carbonyl (C=O) groups is 1. The third-order valence-electron chi connectivity index (χ3n) is 4.53. The van der Waals surface area contributed by atoms with Crippen LogP contribution >= 0.6 is 15.9 Å². The predicted octanol–water partition coefficient (Wildman–Crippen LogP) is 3.31. The summed E-state index contributed by atoms with van der Waals surface area (Å²) in [7, 11) is 0. The topological polar surface area (TPSA) is 73.2 Å². The maximum absolute atomic E-state index is 12.5. The van der Waals surface area contributed by atoms with Gasteiger partial charge in [-0.05, 0) is 36.6 Å². The Labute approximate surface area is 178 Å². The Morgan fingerprint density at radius 1 is 1.14 bits per heavy atom. The lowest BCUT2D eigenvalue weighted by molar-refractivity contribution is -0.121. The molecule has 7 heteroatoms. The van der Waals surface area contributed by atoms with Crippen LogP contribution in [0.4, 0.5) is 0 Å². The molecule has 3 rings (SSSR count). The lowest BCUT2D eigenvalue weighted by Crippen LogP contribution is -2.28. The van der Waals surface area contributed by atoms with Gasteiger partial charge in [0.15, 0.2) is 0 Å². The van der Waals surface area contributed by atoms with Crippen molar-refractivity contribution in [3.8, 4) is 0 Å². The van der Waals surface area contributed by atoms with Gasteiger partial charge in [-0.1, -0.05) is 46.3 Å². The standard InChI is InChI=1S/C22H24BrN3O3/c23-18-7-8-20-19(15-18)22(28)26(16-25-20)12-9-21(27)24-11-4-13-29-14-10-17-5-2-1-3-6-17/h1-3,5-8,15-16H,4,9-14H2,(H,24,27).